The molecule has 1 atom stereocenters. The molecular weight excluding hydrogens is 418 g/mol. The number of amides is 1. The van der Waals surface area contributed by atoms with E-state index in [-0.39, 0.29) is 5.91 Å². The van der Waals surface area contributed by atoms with Crippen LogP contribution in [0.2, 0.25) is 0 Å². The predicted molar refractivity (Wildman–Crippen MR) is 130 cm³/mol. The number of pyridine rings is 1. The summed E-state index contributed by atoms with van der Waals surface area (Å²) in [5.41, 5.74) is 2.58. The number of ether oxygens (including phenoxy) is 1. The third kappa shape index (κ3) is 6.52. The Labute approximate surface area is 193 Å². The molecule has 0 unspecified atom stereocenters. The Bertz CT molecular complexity index is 988. The van der Waals surface area contributed by atoms with Gasteiger partial charge in [-0.2, -0.15) is 0 Å². The first-order valence-electron chi connectivity index (χ1n) is 11.1. The lowest BCUT2D eigenvalue weighted by Crippen LogP contribution is -2.32. The van der Waals surface area contributed by atoms with Gasteiger partial charge in [-0.25, -0.2) is 0 Å². The molecule has 2 aromatic heterocycles. The number of aromatic nitrogens is 1. The molecule has 0 aliphatic carbocycles. The number of benzene rings is 1. The van der Waals surface area contributed by atoms with Gasteiger partial charge in [0.15, 0.2) is 0 Å². The maximum absolute atomic E-state index is 11.9. The molecule has 0 spiro atoms. The number of hydrogen-bond acceptors (Lipinski definition) is 5. The van der Waals surface area contributed by atoms with Gasteiger partial charge >= 0.3 is 0 Å². The summed E-state index contributed by atoms with van der Waals surface area (Å²) in [6.07, 6.45) is 10.9. The topological polar surface area (TPSA) is 54.5 Å². The third-order valence-corrected chi connectivity index (χ3v) is 6.44. The summed E-state index contributed by atoms with van der Waals surface area (Å²) in [5.74, 6) is 0.710. The highest BCUT2D eigenvalue weighted by atomic mass is 32.1. The number of nitrogens with one attached hydrogen (secondary N) is 1. The minimum absolute atomic E-state index is 0.109. The van der Waals surface area contributed by atoms with Crippen LogP contribution in [0.1, 0.15) is 41.3 Å². The molecule has 3 aromatic rings. The van der Waals surface area contributed by atoms with Crippen molar-refractivity contribution in [1.29, 1.82) is 0 Å². The Balaban J connectivity index is 1.22. The zero-order chi connectivity index (χ0) is 22.0. The van der Waals surface area contributed by atoms with Crippen molar-refractivity contribution in [3.05, 3.63) is 88.4 Å². The second kappa shape index (κ2) is 11.6. The summed E-state index contributed by atoms with van der Waals surface area (Å²) < 4.78 is 5.78. The number of nitrogens with zero attached hydrogens (tertiary/aromatic N) is 2. The third-order valence-electron chi connectivity index (χ3n) is 5.60. The van der Waals surface area contributed by atoms with Crippen LogP contribution in [0.3, 0.4) is 0 Å². The maximum Gasteiger partial charge on any atom is 0.244 e. The van der Waals surface area contributed by atoms with Crippen LogP contribution in [-0.2, 0) is 11.3 Å². The fourth-order valence-corrected chi connectivity index (χ4v) is 4.62. The monoisotopic (exact) mass is 447 g/mol. The average molecular weight is 448 g/mol. The highest BCUT2D eigenvalue weighted by Crippen LogP contribution is 2.31. The van der Waals surface area contributed by atoms with E-state index in [0.29, 0.717) is 19.2 Å². The molecule has 5 nitrogen and oxygen atoms in total. The van der Waals surface area contributed by atoms with Gasteiger partial charge in [-0.3, -0.25) is 14.7 Å². The molecule has 1 saturated heterocycles. The molecule has 0 radical (unpaired) electrons. The van der Waals surface area contributed by atoms with E-state index in [4.69, 9.17) is 4.74 Å². The number of hydrogen-bond donors (Lipinski definition) is 1. The Hall–Kier alpha value is -2.96. The Morgan fingerprint density at radius 2 is 2.09 bits per heavy atom. The lowest BCUT2D eigenvalue weighted by atomic mass is 9.96. The summed E-state index contributed by atoms with van der Waals surface area (Å²) in [5, 5.41) is 4.83. The first-order valence-corrected chi connectivity index (χ1v) is 12.0. The van der Waals surface area contributed by atoms with Gasteiger partial charge in [-0.1, -0.05) is 30.7 Å². The van der Waals surface area contributed by atoms with Crippen LogP contribution in [0.25, 0.3) is 6.08 Å². The van der Waals surface area contributed by atoms with Gasteiger partial charge in [0.05, 0.1) is 6.54 Å². The van der Waals surface area contributed by atoms with Gasteiger partial charge < -0.3 is 10.1 Å². The van der Waals surface area contributed by atoms with Crippen molar-refractivity contribution < 1.29 is 9.53 Å². The number of piperidine rings is 1. The molecule has 1 aliphatic rings. The van der Waals surface area contributed by atoms with Crippen molar-refractivity contribution in [3.63, 3.8) is 0 Å². The fourth-order valence-electron chi connectivity index (χ4n) is 4.00. The number of likely N-dealkylation sites (tertiary alicyclic amines) is 1. The second-order valence-electron chi connectivity index (χ2n) is 7.90. The zero-order valence-electron chi connectivity index (χ0n) is 18.2. The van der Waals surface area contributed by atoms with E-state index in [2.05, 4.69) is 33.4 Å². The average Bonchev–Trinajstić information content (AvgIpc) is 3.36. The lowest BCUT2D eigenvalue weighted by molar-refractivity contribution is -0.116. The SMILES string of the molecule is O=C(/C=C/c1cccs1)NCCOc1ccc(CN2CCCC[C@@H]2c2cccnc2)cc1. The van der Waals surface area contributed by atoms with E-state index in [0.717, 1.165) is 23.7 Å². The van der Waals surface area contributed by atoms with Crippen LogP contribution in [0.5, 0.6) is 5.75 Å². The Morgan fingerprint density at radius 3 is 2.88 bits per heavy atom. The fraction of sp³-hybridized carbons (Fsp3) is 0.308. The zero-order valence-corrected chi connectivity index (χ0v) is 19.0. The van der Waals surface area contributed by atoms with Gasteiger partial charge in [0.2, 0.25) is 5.91 Å². The van der Waals surface area contributed by atoms with E-state index in [1.54, 1.807) is 17.4 Å². The van der Waals surface area contributed by atoms with Crippen molar-refractivity contribution in [3.8, 4) is 5.75 Å². The molecule has 32 heavy (non-hydrogen) atoms. The molecule has 6 heteroatoms. The summed E-state index contributed by atoms with van der Waals surface area (Å²) in [6.45, 7) is 2.94. The molecule has 4 rings (SSSR count). The van der Waals surface area contributed by atoms with Crippen molar-refractivity contribution in [1.82, 2.24) is 15.2 Å². The largest absolute Gasteiger partial charge is 0.492 e. The van der Waals surface area contributed by atoms with E-state index < -0.39 is 0 Å². The summed E-state index contributed by atoms with van der Waals surface area (Å²) in [6, 6.07) is 16.9. The second-order valence-corrected chi connectivity index (χ2v) is 8.88. The van der Waals surface area contributed by atoms with E-state index >= 15 is 0 Å². The smallest absolute Gasteiger partial charge is 0.244 e. The van der Waals surface area contributed by atoms with Gasteiger partial charge in [0.25, 0.3) is 0 Å². The minimum atomic E-state index is -0.109. The molecule has 0 bridgehead atoms. The first kappa shape index (κ1) is 22.2. The van der Waals surface area contributed by atoms with Gasteiger partial charge in [-0.05, 0) is 66.2 Å². The summed E-state index contributed by atoms with van der Waals surface area (Å²) in [4.78, 5) is 19.8. The van der Waals surface area contributed by atoms with Crippen LogP contribution in [0.15, 0.2) is 72.4 Å². The van der Waals surface area contributed by atoms with Crippen LogP contribution in [0, 0.1) is 0 Å². The molecular formula is C26H29N3O2S. The van der Waals surface area contributed by atoms with Crippen molar-refractivity contribution in [2.75, 3.05) is 19.7 Å². The van der Waals surface area contributed by atoms with Crippen molar-refractivity contribution in [2.24, 2.45) is 0 Å². The van der Waals surface area contributed by atoms with E-state index in [1.165, 1.54) is 30.4 Å². The molecule has 166 valence electrons. The molecule has 1 fully saturated rings. The van der Waals surface area contributed by atoms with E-state index in [9.17, 15) is 4.79 Å². The van der Waals surface area contributed by atoms with E-state index in [1.807, 2.05) is 54.2 Å². The molecule has 1 aromatic carbocycles. The molecule has 1 aliphatic heterocycles. The first-order chi connectivity index (χ1) is 15.8. The number of carbonyl (C=O) groups excluding carboxylic acids is 1. The summed E-state index contributed by atoms with van der Waals surface area (Å²) in [7, 11) is 0. The summed E-state index contributed by atoms with van der Waals surface area (Å²) >= 11 is 1.60. The van der Waals surface area contributed by atoms with Gasteiger partial charge in [0.1, 0.15) is 12.4 Å². The van der Waals surface area contributed by atoms with Crippen LogP contribution < -0.4 is 10.1 Å². The number of carbonyl (C=O) groups is 1. The van der Waals surface area contributed by atoms with Crippen LogP contribution in [0.4, 0.5) is 0 Å². The van der Waals surface area contributed by atoms with Crippen molar-refractivity contribution in [2.45, 2.75) is 31.8 Å². The molecule has 3 heterocycles. The quantitative estimate of drug-likeness (QED) is 0.367. The normalized spacial score (nSPS) is 16.8. The van der Waals surface area contributed by atoms with Crippen LogP contribution >= 0.6 is 11.3 Å². The van der Waals surface area contributed by atoms with Crippen molar-refractivity contribution >= 4 is 23.3 Å². The lowest BCUT2D eigenvalue weighted by Gasteiger charge is -2.36. The highest BCUT2D eigenvalue weighted by Gasteiger charge is 2.24. The van der Waals surface area contributed by atoms with Gasteiger partial charge in [-0.15, -0.1) is 11.3 Å². The Morgan fingerprint density at radius 1 is 1.19 bits per heavy atom. The molecule has 0 saturated carbocycles. The standard InChI is InChI=1S/C26H29N3O2S/c30-26(13-12-24-6-4-18-32-24)28-15-17-31-23-10-8-21(9-11-23)20-29-16-2-1-7-25(29)22-5-3-14-27-19-22/h3-6,8-14,18-19,25H,1-2,7,15-17,20H2,(H,28,30)/b13-12+/t25-/m1/s1. The number of thiophene rings is 1. The molecule has 1 amide bonds. The Kier molecular flexibility index (Phi) is 8.06. The van der Waals surface area contributed by atoms with Crippen LogP contribution in [-0.4, -0.2) is 35.5 Å². The maximum atomic E-state index is 11.9. The molecule has 1 N–H and O–H groups in total. The highest BCUT2D eigenvalue weighted by molar-refractivity contribution is 7.10. The predicted octanol–water partition coefficient (Wildman–Crippen LogP) is 5.08. The van der Waals surface area contributed by atoms with Gasteiger partial charge in [0, 0.05) is 35.9 Å². The minimum Gasteiger partial charge on any atom is -0.492 e. The number of rotatable bonds is 9.